The molecule has 5 nitrogen and oxygen atoms in total. The maximum Gasteiger partial charge on any atom is 0.230 e. The van der Waals surface area contributed by atoms with E-state index in [1.807, 2.05) is 5.38 Å². The summed E-state index contributed by atoms with van der Waals surface area (Å²) >= 11 is 7.30. The first kappa shape index (κ1) is 21.9. The van der Waals surface area contributed by atoms with E-state index in [1.54, 1.807) is 0 Å². The molecule has 0 radical (unpaired) electrons. The summed E-state index contributed by atoms with van der Waals surface area (Å²) in [5.41, 5.74) is 3.50. The summed E-state index contributed by atoms with van der Waals surface area (Å²) in [5, 5.41) is 5.51. The molecule has 4 rings (SSSR count). The molecule has 1 N–H and O–H groups in total. The highest BCUT2D eigenvalue weighted by atomic mass is 35.5. The van der Waals surface area contributed by atoms with Gasteiger partial charge in [-0.25, -0.2) is 9.37 Å². The van der Waals surface area contributed by atoms with Crippen LogP contribution in [0.2, 0.25) is 5.02 Å². The number of amides is 1. The van der Waals surface area contributed by atoms with E-state index in [0.717, 1.165) is 43.3 Å². The fourth-order valence-electron chi connectivity index (χ4n) is 3.53. The zero-order valence-electron chi connectivity index (χ0n) is 17.3. The topological polar surface area (TPSA) is 48.5 Å². The minimum Gasteiger partial charge on any atom is -0.326 e. The molecule has 2 heterocycles. The first-order valence-electron chi connectivity index (χ1n) is 10.2. The largest absolute Gasteiger partial charge is 0.326 e. The minimum atomic E-state index is -0.515. The normalized spacial score (nSPS) is 15.2. The van der Waals surface area contributed by atoms with Crippen LogP contribution in [0.5, 0.6) is 0 Å². The predicted molar refractivity (Wildman–Crippen MR) is 124 cm³/mol. The standard InChI is InChI=1S/C23H24ClFN4OS/c1-28-7-9-29(10-8-28)14-16-3-2-4-17(11-16)23-27-19(15-31-23)13-22(30)26-18-5-6-21(25)20(24)12-18/h2-6,11-12,15H,7-10,13-14H2,1H3,(H,26,30). The van der Waals surface area contributed by atoms with E-state index < -0.39 is 5.82 Å². The Morgan fingerprint density at radius 3 is 2.77 bits per heavy atom. The average molecular weight is 459 g/mol. The molecule has 162 valence electrons. The Bertz CT molecular complexity index is 1070. The van der Waals surface area contributed by atoms with E-state index in [2.05, 4.69) is 51.4 Å². The molecule has 1 amide bonds. The molecule has 0 atom stereocenters. The van der Waals surface area contributed by atoms with Crippen LogP contribution in [0, 0.1) is 5.82 Å². The quantitative estimate of drug-likeness (QED) is 0.589. The Balaban J connectivity index is 1.38. The molecule has 0 unspecified atom stereocenters. The van der Waals surface area contributed by atoms with Gasteiger partial charge < -0.3 is 10.2 Å². The van der Waals surface area contributed by atoms with Gasteiger partial charge in [-0.05, 0) is 36.9 Å². The number of nitrogens with one attached hydrogen (secondary N) is 1. The van der Waals surface area contributed by atoms with Gasteiger partial charge in [0.2, 0.25) is 5.91 Å². The van der Waals surface area contributed by atoms with Gasteiger partial charge in [0.1, 0.15) is 10.8 Å². The van der Waals surface area contributed by atoms with Crippen molar-refractivity contribution in [3.63, 3.8) is 0 Å². The first-order valence-corrected chi connectivity index (χ1v) is 11.4. The van der Waals surface area contributed by atoms with Crippen LogP contribution in [-0.4, -0.2) is 53.9 Å². The van der Waals surface area contributed by atoms with Gasteiger partial charge in [0.15, 0.2) is 0 Å². The van der Waals surface area contributed by atoms with E-state index in [0.29, 0.717) is 11.4 Å². The number of benzene rings is 2. The highest BCUT2D eigenvalue weighted by Gasteiger charge is 2.15. The molecular formula is C23H24ClFN4OS. The molecule has 0 bridgehead atoms. The molecule has 1 aliphatic heterocycles. The van der Waals surface area contributed by atoms with Crippen molar-refractivity contribution in [1.29, 1.82) is 0 Å². The summed E-state index contributed by atoms with van der Waals surface area (Å²) in [7, 11) is 2.16. The lowest BCUT2D eigenvalue weighted by molar-refractivity contribution is -0.115. The second-order valence-corrected chi connectivity index (χ2v) is 9.04. The predicted octanol–water partition coefficient (Wildman–Crippen LogP) is 4.53. The third-order valence-corrected chi connectivity index (χ3v) is 6.50. The summed E-state index contributed by atoms with van der Waals surface area (Å²) in [4.78, 5) is 21.8. The van der Waals surface area contributed by atoms with Gasteiger partial charge in [0.25, 0.3) is 0 Å². The molecule has 0 spiro atoms. The highest BCUT2D eigenvalue weighted by Crippen LogP contribution is 2.26. The smallest absolute Gasteiger partial charge is 0.230 e. The van der Waals surface area contributed by atoms with Crippen molar-refractivity contribution < 1.29 is 9.18 Å². The molecule has 0 aliphatic carbocycles. The van der Waals surface area contributed by atoms with E-state index in [-0.39, 0.29) is 17.4 Å². The number of hydrogen-bond donors (Lipinski definition) is 1. The van der Waals surface area contributed by atoms with Crippen molar-refractivity contribution in [3.8, 4) is 10.6 Å². The molecule has 1 fully saturated rings. The van der Waals surface area contributed by atoms with Crippen LogP contribution in [0.4, 0.5) is 10.1 Å². The minimum absolute atomic E-state index is 0.0230. The Morgan fingerprint density at radius 1 is 1.19 bits per heavy atom. The zero-order chi connectivity index (χ0) is 21.8. The van der Waals surface area contributed by atoms with E-state index in [9.17, 15) is 9.18 Å². The molecule has 3 aromatic rings. The monoisotopic (exact) mass is 458 g/mol. The third kappa shape index (κ3) is 5.89. The number of nitrogens with zero attached hydrogens (tertiary/aromatic N) is 3. The van der Waals surface area contributed by atoms with Gasteiger partial charge in [-0.1, -0.05) is 29.8 Å². The third-order valence-electron chi connectivity index (χ3n) is 5.27. The number of anilines is 1. The van der Waals surface area contributed by atoms with E-state index >= 15 is 0 Å². The van der Waals surface area contributed by atoms with E-state index in [1.165, 1.54) is 35.1 Å². The van der Waals surface area contributed by atoms with Gasteiger partial charge in [0, 0.05) is 49.4 Å². The molecular weight excluding hydrogens is 435 g/mol. The van der Waals surface area contributed by atoms with Crippen LogP contribution in [0.15, 0.2) is 47.8 Å². The molecule has 0 saturated carbocycles. The van der Waals surface area contributed by atoms with Crippen LogP contribution in [-0.2, 0) is 17.8 Å². The Hall–Kier alpha value is -2.32. The van der Waals surface area contributed by atoms with Gasteiger partial charge in [-0.2, -0.15) is 0 Å². The van der Waals surface area contributed by atoms with Crippen molar-refractivity contribution in [2.45, 2.75) is 13.0 Å². The number of likely N-dealkylation sites (N-methyl/N-ethyl adjacent to an activating group) is 1. The van der Waals surface area contributed by atoms with Crippen LogP contribution in [0.1, 0.15) is 11.3 Å². The van der Waals surface area contributed by atoms with Gasteiger partial charge in [-0.3, -0.25) is 9.69 Å². The van der Waals surface area contributed by atoms with Crippen LogP contribution < -0.4 is 5.32 Å². The number of thiazole rings is 1. The summed E-state index contributed by atoms with van der Waals surface area (Å²) in [6, 6.07) is 12.6. The van der Waals surface area contributed by atoms with Crippen LogP contribution in [0.3, 0.4) is 0 Å². The fourth-order valence-corrected chi connectivity index (χ4v) is 4.53. The summed E-state index contributed by atoms with van der Waals surface area (Å²) < 4.78 is 13.3. The van der Waals surface area contributed by atoms with Crippen molar-refractivity contribution >= 4 is 34.5 Å². The lowest BCUT2D eigenvalue weighted by Gasteiger charge is -2.32. The maximum atomic E-state index is 13.3. The van der Waals surface area contributed by atoms with Crippen LogP contribution in [0.25, 0.3) is 10.6 Å². The number of rotatable bonds is 6. The molecule has 1 saturated heterocycles. The number of carbonyl (C=O) groups excluding carboxylic acids is 1. The first-order chi connectivity index (χ1) is 15.0. The van der Waals surface area contributed by atoms with Gasteiger partial charge >= 0.3 is 0 Å². The SMILES string of the molecule is CN1CCN(Cc2cccc(-c3nc(CC(=O)Nc4ccc(F)c(Cl)c4)cs3)c2)CC1. The number of aromatic nitrogens is 1. The molecule has 31 heavy (non-hydrogen) atoms. The Labute approximate surface area is 190 Å². The number of hydrogen-bond acceptors (Lipinski definition) is 5. The summed E-state index contributed by atoms with van der Waals surface area (Å²) in [6.07, 6.45) is 0.145. The molecule has 8 heteroatoms. The van der Waals surface area contributed by atoms with Gasteiger partial charge in [-0.15, -0.1) is 11.3 Å². The van der Waals surface area contributed by atoms with Crippen molar-refractivity contribution in [2.24, 2.45) is 0 Å². The summed E-state index contributed by atoms with van der Waals surface area (Å²) in [6.45, 7) is 5.29. The molecule has 1 aliphatic rings. The lowest BCUT2D eigenvalue weighted by atomic mass is 10.1. The number of piperazine rings is 1. The van der Waals surface area contributed by atoms with Crippen molar-refractivity contribution in [2.75, 3.05) is 38.5 Å². The maximum absolute atomic E-state index is 13.3. The molecule has 2 aromatic carbocycles. The second-order valence-electron chi connectivity index (χ2n) is 7.78. The molecule has 1 aromatic heterocycles. The fraction of sp³-hybridized carbons (Fsp3) is 0.304. The Morgan fingerprint density at radius 2 is 2.00 bits per heavy atom. The van der Waals surface area contributed by atoms with Crippen molar-refractivity contribution in [1.82, 2.24) is 14.8 Å². The lowest BCUT2D eigenvalue weighted by Crippen LogP contribution is -2.43. The Kier molecular flexibility index (Phi) is 6.97. The number of carbonyl (C=O) groups is 1. The summed E-state index contributed by atoms with van der Waals surface area (Å²) in [5.74, 6) is -0.734. The average Bonchev–Trinajstić information content (AvgIpc) is 3.21. The van der Waals surface area contributed by atoms with E-state index in [4.69, 9.17) is 11.6 Å². The van der Waals surface area contributed by atoms with Crippen molar-refractivity contribution in [3.05, 3.63) is 69.9 Å². The highest BCUT2D eigenvalue weighted by molar-refractivity contribution is 7.13. The zero-order valence-corrected chi connectivity index (χ0v) is 18.8. The van der Waals surface area contributed by atoms with Gasteiger partial charge in [0.05, 0.1) is 17.1 Å². The second kappa shape index (κ2) is 9.87. The number of halogens is 2. The van der Waals surface area contributed by atoms with Crippen LogP contribution >= 0.6 is 22.9 Å².